The first-order valence-corrected chi connectivity index (χ1v) is 6.77. The molecule has 19 heavy (non-hydrogen) atoms. The maximum atomic E-state index is 14.0. The van der Waals surface area contributed by atoms with Crippen molar-refractivity contribution >= 4 is 45.2 Å². The molecule has 0 aliphatic rings. The van der Waals surface area contributed by atoms with E-state index in [0.29, 0.717) is 12.1 Å². The molecule has 1 rings (SSSR count). The number of hydrogen-bond donors (Lipinski definition) is 0. The van der Waals surface area contributed by atoms with Crippen molar-refractivity contribution in [2.24, 2.45) is 0 Å². The van der Waals surface area contributed by atoms with E-state index < -0.39 is 30.0 Å². The van der Waals surface area contributed by atoms with Crippen LogP contribution in [-0.2, 0) is 5.67 Å². The molecule has 0 N–H and O–H groups in total. The molecule has 0 aliphatic carbocycles. The summed E-state index contributed by atoms with van der Waals surface area (Å²) in [7, 11) is 0. The summed E-state index contributed by atoms with van der Waals surface area (Å²) < 4.78 is 91.0. The van der Waals surface area contributed by atoms with Crippen molar-refractivity contribution < 1.29 is 30.7 Å². The number of benzene rings is 1. The van der Waals surface area contributed by atoms with Crippen LogP contribution in [0, 0.1) is 7.14 Å². The number of halogens is 9. The average molecular weight is 512 g/mol. The smallest absolute Gasteiger partial charge is 0.244 e. The van der Waals surface area contributed by atoms with E-state index in [2.05, 4.69) is 0 Å². The molecule has 0 nitrogen and oxygen atoms in total. The van der Waals surface area contributed by atoms with E-state index in [4.69, 9.17) is 0 Å². The molecule has 9 heteroatoms. The summed E-state index contributed by atoms with van der Waals surface area (Å²) in [5.74, 6) is -5.20. The molecule has 0 heterocycles. The van der Waals surface area contributed by atoms with E-state index in [1.54, 1.807) is 45.2 Å². The zero-order chi connectivity index (χ0) is 15.1. The summed E-state index contributed by atoms with van der Waals surface area (Å²) in [5, 5.41) is 0. The summed E-state index contributed by atoms with van der Waals surface area (Å²) in [6, 6.07) is 2.62. The van der Waals surface area contributed by atoms with Crippen molar-refractivity contribution in [3.05, 3.63) is 30.9 Å². The van der Waals surface area contributed by atoms with Gasteiger partial charge in [0.15, 0.2) is 6.67 Å². The van der Waals surface area contributed by atoms with E-state index >= 15 is 0 Å². The molecule has 0 aliphatic heterocycles. The van der Waals surface area contributed by atoms with Crippen molar-refractivity contribution in [1.29, 1.82) is 0 Å². The molecule has 0 aromatic heterocycles. The van der Waals surface area contributed by atoms with Gasteiger partial charge in [0.2, 0.25) is 0 Å². The fourth-order valence-electron chi connectivity index (χ4n) is 1.43. The van der Waals surface area contributed by atoms with Crippen molar-refractivity contribution in [3.63, 3.8) is 0 Å². The monoisotopic (exact) mass is 512 g/mol. The lowest BCUT2D eigenvalue weighted by Gasteiger charge is -2.34. The van der Waals surface area contributed by atoms with Gasteiger partial charge >= 0.3 is 12.1 Å². The molecule has 0 saturated heterocycles. The molecule has 0 radical (unpaired) electrons. The van der Waals surface area contributed by atoms with Gasteiger partial charge in [-0.3, -0.25) is 0 Å². The number of hydrogen-bond acceptors (Lipinski definition) is 0. The first-order chi connectivity index (χ1) is 8.45. The van der Waals surface area contributed by atoms with Crippen molar-refractivity contribution in [2.75, 3.05) is 6.67 Å². The Bertz CT molecular complexity index is 451. The second kappa shape index (κ2) is 5.53. The highest BCUT2D eigenvalue weighted by molar-refractivity contribution is 14.1. The second-order valence-electron chi connectivity index (χ2n) is 3.65. The fraction of sp³-hybridized carbons (Fsp3) is 0.400. The van der Waals surface area contributed by atoms with Crippen LogP contribution in [-0.4, -0.2) is 18.8 Å². The van der Waals surface area contributed by atoms with Gasteiger partial charge in [0.1, 0.15) is 0 Å². The van der Waals surface area contributed by atoms with Gasteiger partial charge in [0.25, 0.3) is 5.67 Å². The third-order valence-corrected chi connectivity index (χ3v) is 3.57. The minimum atomic E-state index is -5.93. The quantitative estimate of drug-likeness (QED) is 0.385. The van der Waals surface area contributed by atoms with Crippen molar-refractivity contribution in [1.82, 2.24) is 0 Å². The molecular weight excluding hydrogens is 507 g/mol. The van der Waals surface area contributed by atoms with Gasteiger partial charge in [0.05, 0.1) is 0 Å². The highest BCUT2D eigenvalue weighted by atomic mass is 127. The largest absolute Gasteiger partial charge is 0.432 e. The van der Waals surface area contributed by atoms with Gasteiger partial charge in [-0.2, -0.15) is 22.0 Å². The Kier molecular flexibility index (Phi) is 5.01. The van der Waals surface area contributed by atoms with Crippen LogP contribution in [0.1, 0.15) is 5.56 Å². The van der Waals surface area contributed by atoms with Crippen LogP contribution in [0.4, 0.5) is 30.7 Å². The minimum Gasteiger partial charge on any atom is -0.244 e. The molecule has 0 fully saturated rings. The lowest BCUT2D eigenvalue weighted by atomic mass is 9.89. The first kappa shape index (κ1) is 17.2. The summed E-state index contributed by atoms with van der Waals surface area (Å²) in [4.78, 5) is 0. The van der Waals surface area contributed by atoms with E-state index in [9.17, 15) is 30.7 Å². The topological polar surface area (TPSA) is 0 Å². The molecule has 0 amide bonds. The SMILES string of the molecule is FCC(F)(F)C(F)(c1cc(I)cc(I)c1)C(F)(F)F. The first-order valence-electron chi connectivity index (χ1n) is 4.61. The maximum absolute atomic E-state index is 14.0. The van der Waals surface area contributed by atoms with Crippen molar-refractivity contribution in [3.8, 4) is 0 Å². The zero-order valence-corrected chi connectivity index (χ0v) is 13.2. The molecule has 1 aromatic carbocycles. The van der Waals surface area contributed by atoms with E-state index in [-0.39, 0.29) is 7.14 Å². The molecule has 0 bridgehead atoms. The molecular formula is C10H5F7I2. The predicted molar refractivity (Wildman–Crippen MR) is 71.6 cm³/mol. The summed E-state index contributed by atoms with van der Waals surface area (Å²) in [6.45, 7) is -2.74. The molecule has 1 aromatic rings. The Morgan fingerprint density at radius 3 is 1.58 bits per heavy atom. The Balaban J connectivity index is 3.58. The summed E-state index contributed by atoms with van der Waals surface area (Å²) in [6.07, 6.45) is -5.93. The standard InChI is InChI=1S/C10H5F7I2/c11-4-8(12,13)9(14,10(15,16)17)5-1-6(18)3-7(19)2-5/h1-3H,4H2. The van der Waals surface area contributed by atoms with Gasteiger partial charge in [-0.15, -0.1) is 0 Å². The Morgan fingerprint density at radius 1 is 0.842 bits per heavy atom. The third-order valence-electron chi connectivity index (χ3n) is 2.32. The Labute approximate surface area is 131 Å². The summed E-state index contributed by atoms with van der Waals surface area (Å²) in [5.41, 5.74) is -6.37. The van der Waals surface area contributed by atoms with Crippen LogP contribution < -0.4 is 0 Å². The highest BCUT2D eigenvalue weighted by Crippen LogP contribution is 2.53. The molecule has 0 saturated carbocycles. The Morgan fingerprint density at radius 2 is 1.26 bits per heavy atom. The van der Waals surface area contributed by atoms with Gasteiger partial charge in [-0.1, -0.05) is 0 Å². The third kappa shape index (κ3) is 3.10. The van der Waals surface area contributed by atoms with Crippen LogP contribution in [0.15, 0.2) is 18.2 Å². The van der Waals surface area contributed by atoms with E-state index in [0.717, 1.165) is 0 Å². The number of rotatable bonds is 3. The van der Waals surface area contributed by atoms with Crippen LogP contribution in [0.3, 0.4) is 0 Å². The van der Waals surface area contributed by atoms with Gasteiger partial charge < -0.3 is 0 Å². The zero-order valence-electron chi connectivity index (χ0n) is 8.84. The average Bonchev–Trinajstić information content (AvgIpc) is 2.24. The van der Waals surface area contributed by atoms with Gasteiger partial charge in [-0.05, 0) is 63.4 Å². The second-order valence-corrected chi connectivity index (χ2v) is 6.14. The van der Waals surface area contributed by atoms with Crippen LogP contribution in [0.5, 0.6) is 0 Å². The van der Waals surface area contributed by atoms with Gasteiger partial charge in [-0.25, -0.2) is 8.78 Å². The summed E-state index contributed by atoms with van der Waals surface area (Å²) >= 11 is 3.12. The van der Waals surface area contributed by atoms with Crippen molar-refractivity contribution in [2.45, 2.75) is 17.8 Å². The fourth-order valence-corrected chi connectivity index (χ4v) is 3.36. The van der Waals surface area contributed by atoms with E-state index in [1.807, 2.05) is 0 Å². The van der Waals surface area contributed by atoms with E-state index in [1.165, 1.54) is 6.07 Å². The van der Waals surface area contributed by atoms with Gasteiger partial charge in [0, 0.05) is 12.7 Å². The predicted octanol–water partition coefficient (Wildman–Crippen LogP) is 5.23. The lowest BCUT2D eigenvalue weighted by molar-refractivity contribution is -0.312. The lowest BCUT2D eigenvalue weighted by Crippen LogP contribution is -2.54. The normalized spacial score (nSPS) is 16.3. The molecule has 0 spiro atoms. The minimum absolute atomic E-state index is 0.139. The van der Waals surface area contributed by atoms with Crippen LogP contribution >= 0.6 is 45.2 Å². The molecule has 108 valence electrons. The van der Waals surface area contributed by atoms with Crippen LogP contribution in [0.2, 0.25) is 0 Å². The van der Waals surface area contributed by atoms with Crippen LogP contribution in [0.25, 0.3) is 0 Å². The maximum Gasteiger partial charge on any atom is 0.432 e. The molecule has 1 atom stereocenters. The Hall–Kier alpha value is 0.190. The highest BCUT2D eigenvalue weighted by Gasteiger charge is 2.72. The molecule has 1 unspecified atom stereocenters. The number of alkyl halides is 7.